The molecule has 9 heteroatoms. The average Bonchev–Trinajstić information content (AvgIpc) is 2.19. The average molecular weight is 297 g/mol. The minimum atomic E-state index is -4.29. The summed E-state index contributed by atoms with van der Waals surface area (Å²) < 4.78 is 58.7. The quantitative estimate of drug-likeness (QED) is 0.735. The van der Waals surface area contributed by atoms with Gasteiger partial charge in [0.15, 0.2) is 0 Å². The topological polar surface area (TPSA) is 98.2 Å². The van der Waals surface area contributed by atoms with Gasteiger partial charge in [-0.3, -0.25) is 0 Å². The van der Waals surface area contributed by atoms with Crippen molar-refractivity contribution in [2.45, 2.75) is 24.4 Å². The first-order valence-electron chi connectivity index (χ1n) is 5.24. The normalized spacial score (nSPS) is 12.5. The predicted molar refractivity (Wildman–Crippen MR) is 66.1 cm³/mol. The van der Waals surface area contributed by atoms with Gasteiger partial charge in [-0.1, -0.05) is 0 Å². The summed E-state index contributed by atoms with van der Waals surface area (Å²) in [5.74, 6) is 0. The zero-order valence-corrected chi connectivity index (χ0v) is 10.9. The number of halogens is 3. The van der Waals surface area contributed by atoms with Crippen LogP contribution in [0.1, 0.15) is 12.0 Å². The number of benzene rings is 1. The lowest BCUT2D eigenvalue weighted by Crippen LogP contribution is -2.17. The van der Waals surface area contributed by atoms with Gasteiger partial charge in [0, 0.05) is 17.9 Å². The lowest BCUT2D eigenvalue weighted by molar-refractivity contribution is -0.131. The minimum absolute atomic E-state index is 0.101. The molecule has 0 aliphatic rings. The van der Waals surface area contributed by atoms with Gasteiger partial charge in [0.2, 0.25) is 10.0 Å². The third kappa shape index (κ3) is 4.60. The van der Waals surface area contributed by atoms with Crippen LogP contribution in [0.5, 0.6) is 0 Å². The number of hydrogen-bond acceptors (Lipinski definition) is 4. The largest absolute Gasteiger partial charge is 0.399 e. The van der Waals surface area contributed by atoms with Crippen LogP contribution in [-0.4, -0.2) is 21.1 Å². The molecule has 0 bridgehead atoms. The van der Waals surface area contributed by atoms with Crippen LogP contribution in [0.15, 0.2) is 17.0 Å². The van der Waals surface area contributed by atoms with Gasteiger partial charge in [-0.05, 0) is 24.6 Å². The molecule has 0 saturated carbocycles. The number of nitrogen functional groups attached to an aromatic ring is 1. The highest BCUT2D eigenvalue weighted by Gasteiger charge is 2.26. The summed E-state index contributed by atoms with van der Waals surface area (Å²) in [4.78, 5) is -0.206. The second-order valence-electron chi connectivity index (χ2n) is 4.03. The van der Waals surface area contributed by atoms with Crippen molar-refractivity contribution in [2.24, 2.45) is 5.14 Å². The van der Waals surface area contributed by atoms with Gasteiger partial charge in [-0.15, -0.1) is 0 Å². The number of nitrogens with two attached hydrogens (primary N) is 2. The molecule has 5 nitrogen and oxygen atoms in total. The molecule has 0 atom stereocenters. The predicted octanol–water partition coefficient (Wildman–Crippen LogP) is 1.59. The smallest absolute Gasteiger partial charge is 0.390 e. The van der Waals surface area contributed by atoms with E-state index >= 15 is 0 Å². The Bertz CT molecular complexity index is 570. The fourth-order valence-corrected chi connectivity index (χ4v) is 2.36. The van der Waals surface area contributed by atoms with Crippen LogP contribution < -0.4 is 16.2 Å². The Morgan fingerprint density at radius 2 is 1.89 bits per heavy atom. The van der Waals surface area contributed by atoms with E-state index in [0.29, 0.717) is 0 Å². The standard InChI is InChI=1S/C10H14F3N3O2S/c1-6-8(16-3-2-10(11,12)13)4-7(14)5-9(6)19(15,17)18/h4-5,16H,2-3,14H2,1H3,(H2,15,17,18). The van der Waals surface area contributed by atoms with E-state index in [0.717, 1.165) is 0 Å². The minimum Gasteiger partial charge on any atom is -0.399 e. The van der Waals surface area contributed by atoms with Gasteiger partial charge < -0.3 is 11.1 Å². The van der Waals surface area contributed by atoms with E-state index in [2.05, 4.69) is 5.32 Å². The van der Waals surface area contributed by atoms with Crippen LogP contribution in [0.2, 0.25) is 0 Å². The number of primary sulfonamides is 1. The summed E-state index contributed by atoms with van der Waals surface area (Å²) in [5.41, 5.74) is 6.05. The molecule has 0 aliphatic heterocycles. The van der Waals surface area contributed by atoms with Crippen molar-refractivity contribution < 1.29 is 21.6 Å². The molecular weight excluding hydrogens is 283 g/mol. The van der Waals surface area contributed by atoms with Crippen LogP contribution in [0.4, 0.5) is 24.5 Å². The van der Waals surface area contributed by atoms with E-state index in [1.807, 2.05) is 0 Å². The third-order valence-electron chi connectivity index (χ3n) is 2.41. The van der Waals surface area contributed by atoms with Crippen LogP contribution in [0.3, 0.4) is 0 Å². The Kier molecular flexibility index (Phi) is 4.31. The number of rotatable bonds is 4. The Hall–Kier alpha value is -1.48. The van der Waals surface area contributed by atoms with Gasteiger partial charge in [0.25, 0.3) is 0 Å². The Balaban J connectivity index is 3.00. The zero-order valence-electron chi connectivity index (χ0n) is 10.1. The van der Waals surface area contributed by atoms with E-state index in [1.54, 1.807) is 0 Å². The third-order valence-corrected chi connectivity index (χ3v) is 3.45. The molecule has 0 amide bonds. The summed E-state index contributed by atoms with van der Waals surface area (Å²) in [7, 11) is -3.97. The fourth-order valence-electron chi connectivity index (χ4n) is 1.53. The van der Waals surface area contributed by atoms with E-state index in [9.17, 15) is 21.6 Å². The molecule has 0 radical (unpaired) electrons. The molecule has 0 saturated heterocycles. The first kappa shape index (κ1) is 15.6. The lowest BCUT2D eigenvalue weighted by atomic mass is 10.1. The van der Waals surface area contributed by atoms with Gasteiger partial charge in [-0.25, -0.2) is 13.6 Å². The van der Waals surface area contributed by atoms with Gasteiger partial charge in [0.05, 0.1) is 11.3 Å². The number of nitrogens with one attached hydrogen (secondary N) is 1. The maximum Gasteiger partial charge on any atom is 0.390 e. The zero-order chi connectivity index (χ0) is 14.8. The van der Waals surface area contributed by atoms with Crippen molar-refractivity contribution in [2.75, 3.05) is 17.6 Å². The number of hydrogen-bond donors (Lipinski definition) is 3. The molecule has 0 heterocycles. The maximum absolute atomic E-state index is 12.0. The molecule has 19 heavy (non-hydrogen) atoms. The molecule has 1 aromatic rings. The Morgan fingerprint density at radius 1 is 1.32 bits per heavy atom. The first-order valence-corrected chi connectivity index (χ1v) is 6.79. The maximum atomic E-state index is 12.0. The van der Waals surface area contributed by atoms with E-state index in [4.69, 9.17) is 10.9 Å². The van der Waals surface area contributed by atoms with Crippen molar-refractivity contribution >= 4 is 21.4 Å². The molecule has 1 aromatic carbocycles. The summed E-state index contributed by atoms with van der Waals surface area (Å²) in [6.45, 7) is 1.06. The summed E-state index contributed by atoms with van der Waals surface area (Å²) in [6.07, 6.45) is -5.32. The van der Waals surface area contributed by atoms with E-state index in [-0.39, 0.29) is 28.4 Å². The van der Waals surface area contributed by atoms with Crippen LogP contribution in [0, 0.1) is 6.92 Å². The van der Waals surface area contributed by atoms with E-state index in [1.165, 1.54) is 19.1 Å². The highest BCUT2D eigenvalue weighted by Crippen LogP contribution is 2.27. The molecule has 1 rings (SSSR count). The van der Waals surface area contributed by atoms with Crippen molar-refractivity contribution in [1.82, 2.24) is 0 Å². The molecule has 0 spiro atoms. The van der Waals surface area contributed by atoms with Gasteiger partial charge in [-0.2, -0.15) is 13.2 Å². The van der Waals surface area contributed by atoms with Crippen LogP contribution >= 0.6 is 0 Å². The van der Waals surface area contributed by atoms with Crippen molar-refractivity contribution in [3.63, 3.8) is 0 Å². The summed E-state index contributed by atoms with van der Waals surface area (Å²) in [6, 6.07) is 2.53. The van der Waals surface area contributed by atoms with Crippen molar-refractivity contribution in [1.29, 1.82) is 0 Å². The highest BCUT2D eigenvalue weighted by molar-refractivity contribution is 7.89. The lowest BCUT2D eigenvalue weighted by Gasteiger charge is -2.14. The second kappa shape index (κ2) is 5.25. The van der Waals surface area contributed by atoms with Crippen molar-refractivity contribution in [3.8, 4) is 0 Å². The molecule has 0 unspecified atom stereocenters. The van der Waals surface area contributed by atoms with Gasteiger partial charge in [0.1, 0.15) is 0 Å². The Labute approximate surface area is 108 Å². The molecule has 5 N–H and O–H groups in total. The summed E-state index contributed by atoms with van der Waals surface area (Å²) in [5, 5.41) is 7.50. The first-order chi connectivity index (χ1) is 8.50. The number of sulfonamides is 1. The van der Waals surface area contributed by atoms with Crippen LogP contribution in [0.25, 0.3) is 0 Å². The number of anilines is 2. The number of alkyl halides is 3. The molecule has 0 aromatic heterocycles. The second-order valence-corrected chi connectivity index (χ2v) is 5.56. The fraction of sp³-hybridized carbons (Fsp3) is 0.400. The highest BCUT2D eigenvalue weighted by atomic mass is 32.2. The SMILES string of the molecule is Cc1c(NCCC(F)(F)F)cc(N)cc1S(N)(=O)=O. The monoisotopic (exact) mass is 297 g/mol. The van der Waals surface area contributed by atoms with Crippen LogP contribution in [-0.2, 0) is 10.0 Å². The summed E-state index contributed by atoms with van der Waals surface area (Å²) >= 11 is 0. The molecule has 108 valence electrons. The molecule has 0 aliphatic carbocycles. The molecule has 0 fully saturated rings. The van der Waals surface area contributed by atoms with E-state index < -0.39 is 22.6 Å². The van der Waals surface area contributed by atoms with Crippen molar-refractivity contribution in [3.05, 3.63) is 17.7 Å². The molecular formula is C10H14F3N3O2S. The van der Waals surface area contributed by atoms with Gasteiger partial charge >= 0.3 is 6.18 Å². The Morgan fingerprint density at radius 3 is 2.37 bits per heavy atom.